The highest BCUT2D eigenvalue weighted by molar-refractivity contribution is 7.89. The van der Waals surface area contributed by atoms with Gasteiger partial charge in [-0.2, -0.15) is 0 Å². The van der Waals surface area contributed by atoms with Gasteiger partial charge in [0.2, 0.25) is 10.0 Å². The number of nitrogens with one attached hydrogen (secondary N) is 1. The number of hydrogen-bond acceptors (Lipinski definition) is 3. The third-order valence-electron chi connectivity index (χ3n) is 2.68. The van der Waals surface area contributed by atoms with Crippen LogP contribution < -0.4 is 10.5 Å². The average Bonchev–Trinajstić information content (AvgIpc) is 2.19. The minimum Gasteiger partial charge on any atom is -0.399 e. The Balaban J connectivity index is 2.96. The molecule has 3 N–H and O–H groups in total. The summed E-state index contributed by atoms with van der Waals surface area (Å²) in [5.74, 6) is 0.449. The standard InChI is InChI=1S/C13H22N2O2S/c1-9(2)7-11(4)15-18(16,17)13-8-12(14)6-5-10(13)3/h5-6,8-9,11,15H,7,14H2,1-4H3. The summed E-state index contributed by atoms with van der Waals surface area (Å²) in [6.45, 7) is 7.77. The highest BCUT2D eigenvalue weighted by Gasteiger charge is 2.20. The first-order chi connectivity index (χ1) is 8.22. The van der Waals surface area contributed by atoms with Gasteiger partial charge in [-0.05, 0) is 43.9 Å². The van der Waals surface area contributed by atoms with Crippen molar-refractivity contribution in [2.45, 2.75) is 45.1 Å². The summed E-state index contributed by atoms with van der Waals surface area (Å²) in [6.07, 6.45) is 0.806. The molecule has 1 atom stereocenters. The SMILES string of the molecule is Cc1ccc(N)cc1S(=O)(=O)NC(C)CC(C)C. The molecule has 0 aliphatic heterocycles. The second-order valence-corrected chi connectivity index (χ2v) is 6.86. The van der Waals surface area contributed by atoms with E-state index in [0.29, 0.717) is 17.2 Å². The minimum atomic E-state index is -3.49. The van der Waals surface area contributed by atoms with Gasteiger partial charge >= 0.3 is 0 Å². The molecule has 1 aromatic rings. The molecule has 0 aliphatic carbocycles. The van der Waals surface area contributed by atoms with Gasteiger partial charge in [-0.25, -0.2) is 13.1 Å². The summed E-state index contributed by atoms with van der Waals surface area (Å²) in [6, 6.07) is 4.83. The van der Waals surface area contributed by atoms with E-state index in [9.17, 15) is 8.42 Å². The quantitative estimate of drug-likeness (QED) is 0.806. The van der Waals surface area contributed by atoms with E-state index in [0.717, 1.165) is 6.42 Å². The molecule has 0 heterocycles. The molecule has 0 radical (unpaired) electrons. The molecule has 102 valence electrons. The fourth-order valence-electron chi connectivity index (χ4n) is 1.99. The molecule has 1 rings (SSSR count). The van der Waals surface area contributed by atoms with Crippen molar-refractivity contribution in [3.8, 4) is 0 Å². The lowest BCUT2D eigenvalue weighted by Gasteiger charge is -2.17. The fourth-order valence-corrected chi connectivity index (χ4v) is 3.53. The van der Waals surface area contributed by atoms with E-state index < -0.39 is 10.0 Å². The Labute approximate surface area is 110 Å². The van der Waals surface area contributed by atoms with E-state index in [4.69, 9.17) is 5.73 Å². The van der Waals surface area contributed by atoms with Crippen LogP contribution in [0.1, 0.15) is 32.8 Å². The first-order valence-electron chi connectivity index (χ1n) is 6.11. The van der Waals surface area contributed by atoms with Crippen LogP contribution in [0, 0.1) is 12.8 Å². The summed E-state index contributed by atoms with van der Waals surface area (Å²) < 4.78 is 27.1. The Morgan fingerprint density at radius 3 is 2.44 bits per heavy atom. The molecule has 0 aliphatic rings. The molecule has 1 aromatic carbocycles. The third-order valence-corrected chi connectivity index (χ3v) is 4.41. The van der Waals surface area contributed by atoms with E-state index in [-0.39, 0.29) is 10.9 Å². The summed E-state index contributed by atoms with van der Waals surface area (Å²) in [5.41, 5.74) is 6.80. The van der Waals surface area contributed by atoms with Crippen molar-refractivity contribution < 1.29 is 8.42 Å². The molecule has 0 bridgehead atoms. The van der Waals surface area contributed by atoms with Crippen LogP contribution in [0.2, 0.25) is 0 Å². The summed E-state index contributed by atoms with van der Waals surface area (Å²) in [5, 5.41) is 0. The number of sulfonamides is 1. The lowest BCUT2D eigenvalue weighted by molar-refractivity contribution is 0.482. The lowest BCUT2D eigenvalue weighted by Crippen LogP contribution is -2.33. The third kappa shape index (κ3) is 3.99. The van der Waals surface area contributed by atoms with Crippen LogP contribution in [0.5, 0.6) is 0 Å². The molecule has 0 spiro atoms. The maximum Gasteiger partial charge on any atom is 0.241 e. The second-order valence-electron chi connectivity index (χ2n) is 5.18. The highest BCUT2D eigenvalue weighted by atomic mass is 32.2. The van der Waals surface area contributed by atoms with Crippen molar-refractivity contribution in [1.29, 1.82) is 0 Å². The van der Waals surface area contributed by atoms with Gasteiger partial charge in [0.1, 0.15) is 0 Å². The molecule has 0 aromatic heterocycles. The number of benzene rings is 1. The number of nitrogen functional groups attached to an aromatic ring is 1. The maximum absolute atomic E-state index is 12.2. The monoisotopic (exact) mass is 270 g/mol. The lowest BCUT2D eigenvalue weighted by atomic mass is 10.1. The highest BCUT2D eigenvalue weighted by Crippen LogP contribution is 2.19. The predicted molar refractivity (Wildman–Crippen MR) is 74.8 cm³/mol. The molecule has 4 nitrogen and oxygen atoms in total. The van der Waals surface area contributed by atoms with Crippen LogP contribution in [0.15, 0.2) is 23.1 Å². The van der Waals surface area contributed by atoms with Crippen molar-refractivity contribution in [2.24, 2.45) is 5.92 Å². The number of aryl methyl sites for hydroxylation is 1. The molecule has 18 heavy (non-hydrogen) atoms. The van der Waals surface area contributed by atoms with Crippen LogP contribution in [-0.4, -0.2) is 14.5 Å². The van der Waals surface area contributed by atoms with Crippen LogP contribution in [-0.2, 0) is 10.0 Å². The van der Waals surface area contributed by atoms with E-state index in [2.05, 4.69) is 18.6 Å². The average molecular weight is 270 g/mol. The zero-order valence-corrected chi connectivity index (χ0v) is 12.2. The van der Waals surface area contributed by atoms with Gasteiger partial charge in [-0.3, -0.25) is 0 Å². The first kappa shape index (κ1) is 15.0. The van der Waals surface area contributed by atoms with E-state index in [1.165, 1.54) is 6.07 Å². The summed E-state index contributed by atoms with van der Waals surface area (Å²) in [7, 11) is -3.49. The maximum atomic E-state index is 12.2. The van der Waals surface area contributed by atoms with Crippen LogP contribution in [0.4, 0.5) is 5.69 Å². The van der Waals surface area contributed by atoms with Crippen molar-refractivity contribution in [2.75, 3.05) is 5.73 Å². The van der Waals surface area contributed by atoms with Gasteiger partial charge in [0.25, 0.3) is 0 Å². The molecule has 0 amide bonds. The fraction of sp³-hybridized carbons (Fsp3) is 0.538. The van der Waals surface area contributed by atoms with E-state index in [1.807, 2.05) is 6.92 Å². The smallest absolute Gasteiger partial charge is 0.241 e. The molecular weight excluding hydrogens is 248 g/mol. The Hall–Kier alpha value is -1.07. The Morgan fingerprint density at radius 1 is 1.28 bits per heavy atom. The van der Waals surface area contributed by atoms with E-state index >= 15 is 0 Å². The molecule has 5 heteroatoms. The largest absolute Gasteiger partial charge is 0.399 e. The molecule has 1 unspecified atom stereocenters. The van der Waals surface area contributed by atoms with E-state index in [1.54, 1.807) is 19.1 Å². The van der Waals surface area contributed by atoms with Crippen molar-refractivity contribution in [1.82, 2.24) is 4.72 Å². The normalized spacial score (nSPS) is 13.8. The van der Waals surface area contributed by atoms with Gasteiger partial charge in [-0.15, -0.1) is 0 Å². The minimum absolute atomic E-state index is 0.0872. The number of rotatable bonds is 5. The Morgan fingerprint density at radius 2 is 1.89 bits per heavy atom. The Bertz CT molecular complexity index is 510. The van der Waals surface area contributed by atoms with Crippen LogP contribution in [0.25, 0.3) is 0 Å². The van der Waals surface area contributed by atoms with Gasteiger partial charge in [0, 0.05) is 11.7 Å². The zero-order chi connectivity index (χ0) is 13.9. The van der Waals surface area contributed by atoms with Crippen molar-refractivity contribution in [3.63, 3.8) is 0 Å². The van der Waals surface area contributed by atoms with Crippen LogP contribution in [0.3, 0.4) is 0 Å². The first-order valence-corrected chi connectivity index (χ1v) is 7.59. The summed E-state index contributed by atoms with van der Waals surface area (Å²) in [4.78, 5) is 0.262. The zero-order valence-electron chi connectivity index (χ0n) is 11.4. The summed E-state index contributed by atoms with van der Waals surface area (Å²) >= 11 is 0. The molecule has 0 fully saturated rings. The number of hydrogen-bond donors (Lipinski definition) is 2. The number of nitrogens with two attached hydrogens (primary N) is 1. The van der Waals surface area contributed by atoms with Crippen molar-refractivity contribution >= 4 is 15.7 Å². The van der Waals surface area contributed by atoms with Gasteiger partial charge in [0.15, 0.2) is 0 Å². The molecular formula is C13H22N2O2S. The topological polar surface area (TPSA) is 72.2 Å². The predicted octanol–water partition coefficient (Wildman–Crippen LogP) is 2.29. The van der Waals surface area contributed by atoms with Gasteiger partial charge < -0.3 is 5.73 Å². The van der Waals surface area contributed by atoms with Gasteiger partial charge in [0.05, 0.1) is 4.90 Å². The van der Waals surface area contributed by atoms with Gasteiger partial charge in [-0.1, -0.05) is 19.9 Å². The van der Waals surface area contributed by atoms with Crippen LogP contribution >= 0.6 is 0 Å². The Kier molecular flexibility index (Phi) is 4.76. The number of anilines is 1. The van der Waals surface area contributed by atoms with Crippen molar-refractivity contribution in [3.05, 3.63) is 23.8 Å². The molecule has 0 saturated heterocycles. The molecule has 0 saturated carbocycles. The second kappa shape index (κ2) is 5.71.